The molecule has 0 saturated carbocycles. The number of aromatic amines is 1. The Morgan fingerprint density at radius 3 is 1.72 bits per heavy atom. The van der Waals surface area contributed by atoms with E-state index in [4.69, 9.17) is 0 Å². The predicted octanol–water partition coefficient (Wildman–Crippen LogP) is 4.24. The van der Waals surface area contributed by atoms with Crippen LogP contribution < -0.4 is 10.9 Å². The zero-order chi connectivity index (χ0) is 27.3. The van der Waals surface area contributed by atoms with Crippen LogP contribution in [0.5, 0.6) is 0 Å². The number of carbonyl (C=O) groups is 4. The van der Waals surface area contributed by atoms with Crippen LogP contribution in [0.1, 0.15) is 41.8 Å². The SMILES string of the molecule is O=C(Nn1c(C(=O)O)cc2ccccc21)c1ccc2[nH]c(C(=O)Nn3c(C(=O)O)cc4ccccc43)cc2c1. The molecular formula is C28H19N5O6. The highest BCUT2D eigenvalue weighted by Crippen LogP contribution is 2.22. The van der Waals surface area contributed by atoms with E-state index in [9.17, 15) is 29.4 Å². The number of nitrogens with one attached hydrogen (secondary N) is 3. The molecular weight excluding hydrogens is 502 g/mol. The van der Waals surface area contributed by atoms with Gasteiger partial charge in [-0.3, -0.25) is 20.4 Å². The molecule has 6 aromatic rings. The molecule has 2 amide bonds. The second-order valence-corrected chi connectivity index (χ2v) is 8.82. The van der Waals surface area contributed by atoms with E-state index in [1.54, 1.807) is 72.8 Å². The molecule has 0 unspecified atom stereocenters. The number of H-pyrrole nitrogens is 1. The predicted molar refractivity (Wildman–Crippen MR) is 143 cm³/mol. The van der Waals surface area contributed by atoms with Gasteiger partial charge in [-0.05, 0) is 48.5 Å². The zero-order valence-electron chi connectivity index (χ0n) is 20.0. The third-order valence-corrected chi connectivity index (χ3v) is 6.41. The smallest absolute Gasteiger partial charge is 0.354 e. The number of hydrogen-bond acceptors (Lipinski definition) is 4. The molecule has 3 aromatic carbocycles. The lowest BCUT2D eigenvalue weighted by atomic mass is 10.1. The van der Waals surface area contributed by atoms with Gasteiger partial charge in [0.25, 0.3) is 11.8 Å². The van der Waals surface area contributed by atoms with Crippen molar-refractivity contribution in [1.29, 1.82) is 0 Å². The lowest BCUT2D eigenvalue weighted by Crippen LogP contribution is -2.26. The third-order valence-electron chi connectivity index (χ3n) is 6.41. The monoisotopic (exact) mass is 521 g/mol. The minimum Gasteiger partial charge on any atom is -0.477 e. The van der Waals surface area contributed by atoms with Crippen LogP contribution in [-0.4, -0.2) is 48.3 Å². The van der Waals surface area contributed by atoms with Crippen molar-refractivity contribution in [2.45, 2.75) is 0 Å². The first-order valence-corrected chi connectivity index (χ1v) is 11.7. The number of fused-ring (bicyclic) bond motifs is 3. The summed E-state index contributed by atoms with van der Waals surface area (Å²) in [7, 11) is 0. The molecule has 0 aliphatic rings. The molecule has 3 heterocycles. The molecule has 0 aliphatic carbocycles. The summed E-state index contributed by atoms with van der Waals surface area (Å²) in [6, 6.07) is 23.1. The number of rotatable bonds is 6. The van der Waals surface area contributed by atoms with E-state index in [0.29, 0.717) is 32.7 Å². The summed E-state index contributed by atoms with van der Waals surface area (Å²) < 4.78 is 2.44. The summed E-state index contributed by atoms with van der Waals surface area (Å²) in [5.74, 6) is -3.51. The van der Waals surface area contributed by atoms with Crippen molar-refractivity contribution in [2.24, 2.45) is 0 Å². The van der Waals surface area contributed by atoms with Gasteiger partial charge in [-0.15, -0.1) is 0 Å². The van der Waals surface area contributed by atoms with Gasteiger partial charge >= 0.3 is 11.9 Å². The van der Waals surface area contributed by atoms with Crippen LogP contribution >= 0.6 is 0 Å². The minimum absolute atomic E-state index is 0.0931. The Hall–Kier alpha value is -5.84. The van der Waals surface area contributed by atoms with Crippen molar-refractivity contribution >= 4 is 56.5 Å². The van der Waals surface area contributed by atoms with Gasteiger partial charge < -0.3 is 15.2 Å². The molecule has 11 heteroatoms. The Morgan fingerprint density at radius 2 is 1.15 bits per heavy atom. The van der Waals surface area contributed by atoms with E-state index in [1.165, 1.54) is 21.5 Å². The molecule has 192 valence electrons. The van der Waals surface area contributed by atoms with Gasteiger partial charge in [-0.25, -0.2) is 18.9 Å². The molecule has 6 rings (SSSR count). The molecule has 39 heavy (non-hydrogen) atoms. The van der Waals surface area contributed by atoms with Crippen LogP contribution in [0.2, 0.25) is 0 Å². The highest BCUT2D eigenvalue weighted by Gasteiger charge is 2.20. The van der Waals surface area contributed by atoms with Crippen LogP contribution in [0.3, 0.4) is 0 Å². The molecule has 0 radical (unpaired) electrons. The highest BCUT2D eigenvalue weighted by molar-refractivity contribution is 6.07. The van der Waals surface area contributed by atoms with Gasteiger partial charge in [0.1, 0.15) is 17.1 Å². The number of amides is 2. The fourth-order valence-electron chi connectivity index (χ4n) is 4.59. The molecule has 0 saturated heterocycles. The molecule has 0 spiro atoms. The number of nitrogens with zero attached hydrogens (tertiary/aromatic N) is 2. The Morgan fingerprint density at radius 1 is 0.615 bits per heavy atom. The molecule has 3 aromatic heterocycles. The Kier molecular flexibility index (Phi) is 5.39. The van der Waals surface area contributed by atoms with Crippen LogP contribution in [0, 0.1) is 0 Å². The highest BCUT2D eigenvalue weighted by atomic mass is 16.4. The van der Waals surface area contributed by atoms with Crippen molar-refractivity contribution < 1.29 is 29.4 Å². The molecule has 0 bridgehead atoms. The van der Waals surface area contributed by atoms with E-state index in [-0.39, 0.29) is 22.6 Å². The second kappa shape index (κ2) is 8.92. The van der Waals surface area contributed by atoms with Crippen molar-refractivity contribution in [3.05, 3.63) is 108 Å². The Bertz CT molecular complexity index is 1870. The number of carboxylic acids is 2. The second-order valence-electron chi connectivity index (χ2n) is 8.82. The van der Waals surface area contributed by atoms with E-state index in [2.05, 4.69) is 15.8 Å². The molecule has 0 aliphatic heterocycles. The average molecular weight is 521 g/mol. The van der Waals surface area contributed by atoms with Crippen molar-refractivity contribution in [2.75, 3.05) is 10.9 Å². The molecule has 11 nitrogen and oxygen atoms in total. The summed E-state index contributed by atoms with van der Waals surface area (Å²) in [6.07, 6.45) is 0. The summed E-state index contributed by atoms with van der Waals surface area (Å²) in [4.78, 5) is 52.6. The summed E-state index contributed by atoms with van der Waals surface area (Å²) in [5, 5.41) is 21.1. The quantitative estimate of drug-likeness (QED) is 0.220. The Balaban J connectivity index is 1.29. The summed E-state index contributed by atoms with van der Waals surface area (Å²) in [5.41, 5.74) is 7.09. The van der Waals surface area contributed by atoms with Gasteiger partial charge in [-0.1, -0.05) is 36.4 Å². The number of para-hydroxylation sites is 2. The number of carboxylic acid groups (broad SMARTS) is 2. The van der Waals surface area contributed by atoms with Gasteiger partial charge in [0.15, 0.2) is 0 Å². The number of benzene rings is 3. The zero-order valence-corrected chi connectivity index (χ0v) is 20.0. The third kappa shape index (κ3) is 4.03. The maximum absolute atomic E-state index is 13.1. The fraction of sp³-hybridized carbons (Fsp3) is 0. The maximum Gasteiger partial charge on any atom is 0.354 e. The standard InChI is InChI=1S/C28H19N5O6/c34-25(30-32-21-7-3-1-5-15(21)13-23(32)27(36)37)17-9-10-19-18(11-17)12-20(29-19)26(35)31-33-22-8-4-2-6-16(22)14-24(33)28(38)39/h1-14,29H,(H,30,34)(H,31,35)(H,36,37)(H,38,39). The normalized spacial score (nSPS) is 11.2. The number of aromatic carboxylic acids is 2. The first-order valence-electron chi connectivity index (χ1n) is 11.7. The molecule has 0 fully saturated rings. The van der Waals surface area contributed by atoms with Gasteiger partial charge in [0.05, 0.1) is 11.0 Å². The van der Waals surface area contributed by atoms with Gasteiger partial charge in [0, 0.05) is 27.2 Å². The van der Waals surface area contributed by atoms with Gasteiger partial charge in [-0.2, -0.15) is 0 Å². The number of aromatic nitrogens is 3. The van der Waals surface area contributed by atoms with Crippen LogP contribution in [0.25, 0.3) is 32.7 Å². The van der Waals surface area contributed by atoms with E-state index in [1.807, 2.05) is 0 Å². The van der Waals surface area contributed by atoms with Crippen LogP contribution in [0.15, 0.2) is 84.9 Å². The minimum atomic E-state index is -1.19. The topological polar surface area (TPSA) is 158 Å². The first kappa shape index (κ1) is 23.6. The van der Waals surface area contributed by atoms with E-state index in [0.717, 1.165) is 0 Å². The number of carbonyl (C=O) groups excluding carboxylic acids is 2. The lowest BCUT2D eigenvalue weighted by Gasteiger charge is -2.10. The fourth-order valence-corrected chi connectivity index (χ4v) is 4.59. The summed E-state index contributed by atoms with van der Waals surface area (Å²) >= 11 is 0. The maximum atomic E-state index is 13.1. The van der Waals surface area contributed by atoms with E-state index < -0.39 is 23.8 Å². The molecule has 0 atom stereocenters. The van der Waals surface area contributed by atoms with Crippen molar-refractivity contribution in [1.82, 2.24) is 14.3 Å². The summed E-state index contributed by atoms with van der Waals surface area (Å²) in [6.45, 7) is 0. The van der Waals surface area contributed by atoms with Crippen LogP contribution in [0.4, 0.5) is 0 Å². The van der Waals surface area contributed by atoms with Crippen molar-refractivity contribution in [3.63, 3.8) is 0 Å². The van der Waals surface area contributed by atoms with Crippen LogP contribution in [-0.2, 0) is 0 Å². The Labute approximate surface area is 218 Å². The number of hydrogen-bond donors (Lipinski definition) is 5. The average Bonchev–Trinajstić information content (AvgIpc) is 3.62. The van der Waals surface area contributed by atoms with Crippen molar-refractivity contribution in [3.8, 4) is 0 Å². The lowest BCUT2D eigenvalue weighted by molar-refractivity contribution is 0.0676. The first-order chi connectivity index (χ1) is 18.8. The van der Waals surface area contributed by atoms with E-state index >= 15 is 0 Å². The van der Waals surface area contributed by atoms with Gasteiger partial charge in [0.2, 0.25) is 0 Å². The largest absolute Gasteiger partial charge is 0.477 e. The molecule has 5 N–H and O–H groups in total.